The van der Waals surface area contributed by atoms with Gasteiger partial charge < -0.3 is 14.8 Å². The number of aryl methyl sites for hydroxylation is 1. The summed E-state index contributed by atoms with van der Waals surface area (Å²) in [4.78, 5) is 23.5. The van der Waals surface area contributed by atoms with E-state index in [1.165, 1.54) is 31.4 Å². The minimum Gasteiger partial charge on any atom is -0.494 e. The van der Waals surface area contributed by atoms with Gasteiger partial charge in [0.05, 0.1) is 12.7 Å². The van der Waals surface area contributed by atoms with E-state index in [-0.39, 0.29) is 17.0 Å². The molecule has 0 aliphatic heterocycles. The quantitative estimate of drug-likeness (QED) is 0.853. The van der Waals surface area contributed by atoms with Crippen LogP contribution in [0, 0.1) is 18.6 Å². The molecule has 0 spiro atoms. The highest BCUT2D eigenvalue weighted by atomic mass is 19.1. The van der Waals surface area contributed by atoms with E-state index in [0.717, 1.165) is 12.1 Å². The van der Waals surface area contributed by atoms with E-state index in [0.29, 0.717) is 5.56 Å². The minimum absolute atomic E-state index is 0.00862. The highest BCUT2D eigenvalue weighted by molar-refractivity contribution is 5.95. The second-order valence-electron chi connectivity index (χ2n) is 4.94. The molecule has 0 saturated carbocycles. The third kappa shape index (κ3) is 4.28. The number of amides is 1. The van der Waals surface area contributed by atoms with Gasteiger partial charge in [-0.15, -0.1) is 0 Å². The summed E-state index contributed by atoms with van der Waals surface area (Å²) >= 11 is 0. The molecule has 0 atom stereocenters. The molecule has 0 unspecified atom stereocenters. The number of carbonyl (C=O) groups excluding carboxylic acids is 2. The van der Waals surface area contributed by atoms with Crippen molar-refractivity contribution in [1.82, 2.24) is 0 Å². The Morgan fingerprint density at radius 2 is 1.83 bits per heavy atom. The Hall–Kier alpha value is -2.96. The first kappa shape index (κ1) is 17.4. The molecule has 126 valence electrons. The number of hydrogen-bond acceptors (Lipinski definition) is 4. The van der Waals surface area contributed by atoms with Crippen molar-refractivity contribution in [3.63, 3.8) is 0 Å². The summed E-state index contributed by atoms with van der Waals surface area (Å²) in [5.41, 5.74) is 0.637. The van der Waals surface area contributed by atoms with Crippen LogP contribution < -0.4 is 10.1 Å². The predicted octanol–water partition coefficient (Wildman–Crippen LogP) is 3.08. The van der Waals surface area contributed by atoms with Crippen LogP contribution in [-0.2, 0) is 9.53 Å². The van der Waals surface area contributed by atoms with Gasteiger partial charge in [0.25, 0.3) is 5.91 Å². The summed E-state index contributed by atoms with van der Waals surface area (Å²) in [5, 5.41) is 2.40. The summed E-state index contributed by atoms with van der Waals surface area (Å²) in [6.07, 6.45) is 0. The number of methoxy groups -OCH3 is 1. The van der Waals surface area contributed by atoms with E-state index in [2.05, 4.69) is 5.32 Å². The molecule has 0 bridgehead atoms. The van der Waals surface area contributed by atoms with Gasteiger partial charge in [-0.2, -0.15) is 0 Å². The summed E-state index contributed by atoms with van der Waals surface area (Å²) < 4.78 is 36.4. The van der Waals surface area contributed by atoms with Crippen LogP contribution >= 0.6 is 0 Å². The van der Waals surface area contributed by atoms with Gasteiger partial charge in [0.15, 0.2) is 18.2 Å². The van der Waals surface area contributed by atoms with Crippen LogP contribution in [-0.4, -0.2) is 25.6 Å². The maximum Gasteiger partial charge on any atom is 0.338 e. The van der Waals surface area contributed by atoms with Crippen LogP contribution in [0.4, 0.5) is 14.5 Å². The van der Waals surface area contributed by atoms with Crippen LogP contribution in [0.15, 0.2) is 36.4 Å². The third-order valence-corrected chi connectivity index (χ3v) is 3.18. The zero-order valence-corrected chi connectivity index (χ0v) is 13.1. The molecule has 1 N–H and O–H groups in total. The Labute approximate surface area is 137 Å². The van der Waals surface area contributed by atoms with Crippen molar-refractivity contribution in [3.8, 4) is 5.75 Å². The Morgan fingerprint density at radius 1 is 1.08 bits per heavy atom. The molecule has 2 aromatic carbocycles. The SMILES string of the molecule is COc1ccc(C(=O)OCC(=O)Nc2ccc(C)c(F)c2)cc1F. The lowest BCUT2D eigenvalue weighted by Gasteiger charge is -2.08. The molecule has 0 aliphatic carbocycles. The largest absolute Gasteiger partial charge is 0.494 e. The van der Waals surface area contributed by atoms with E-state index in [9.17, 15) is 18.4 Å². The number of rotatable bonds is 5. The maximum atomic E-state index is 13.5. The highest BCUT2D eigenvalue weighted by Crippen LogP contribution is 2.18. The van der Waals surface area contributed by atoms with Crippen LogP contribution in [0.5, 0.6) is 5.75 Å². The fourth-order valence-corrected chi connectivity index (χ4v) is 1.88. The number of benzene rings is 2. The predicted molar refractivity (Wildman–Crippen MR) is 83.0 cm³/mol. The number of hydrogen-bond donors (Lipinski definition) is 1. The Bertz CT molecular complexity index is 777. The molecule has 5 nitrogen and oxygen atoms in total. The smallest absolute Gasteiger partial charge is 0.338 e. The van der Waals surface area contributed by atoms with Gasteiger partial charge in [-0.1, -0.05) is 6.07 Å². The van der Waals surface area contributed by atoms with Crippen molar-refractivity contribution in [1.29, 1.82) is 0 Å². The molecule has 0 aliphatic rings. The molecule has 24 heavy (non-hydrogen) atoms. The molecule has 7 heteroatoms. The topological polar surface area (TPSA) is 64.6 Å². The lowest BCUT2D eigenvalue weighted by atomic mass is 10.2. The third-order valence-electron chi connectivity index (χ3n) is 3.18. The molecule has 0 radical (unpaired) electrons. The van der Waals surface area contributed by atoms with Crippen molar-refractivity contribution < 1.29 is 27.8 Å². The number of nitrogens with one attached hydrogen (secondary N) is 1. The van der Waals surface area contributed by atoms with E-state index in [1.54, 1.807) is 6.92 Å². The summed E-state index contributed by atoms with van der Waals surface area (Å²) in [5.74, 6) is -2.68. The summed E-state index contributed by atoms with van der Waals surface area (Å²) in [6.45, 7) is 1.01. The zero-order valence-electron chi connectivity index (χ0n) is 13.1. The van der Waals surface area contributed by atoms with Crippen molar-refractivity contribution >= 4 is 17.6 Å². The lowest BCUT2D eigenvalue weighted by Crippen LogP contribution is -2.21. The fourth-order valence-electron chi connectivity index (χ4n) is 1.88. The molecule has 0 aromatic heterocycles. The summed E-state index contributed by atoms with van der Waals surface area (Å²) in [6, 6.07) is 7.75. The molecule has 2 aromatic rings. The van der Waals surface area contributed by atoms with Gasteiger partial charge in [0, 0.05) is 5.69 Å². The van der Waals surface area contributed by atoms with Gasteiger partial charge in [-0.3, -0.25) is 4.79 Å². The molecule has 1 amide bonds. The number of esters is 1. The van der Waals surface area contributed by atoms with Crippen molar-refractivity contribution in [2.24, 2.45) is 0 Å². The van der Waals surface area contributed by atoms with Gasteiger partial charge >= 0.3 is 5.97 Å². The fraction of sp³-hybridized carbons (Fsp3) is 0.176. The van der Waals surface area contributed by atoms with E-state index >= 15 is 0 Å². The summed E-state index contributed by atoms with van der Waals surface area (Å²) in [7, 11) is 1.30. The second kappa shape index (κ2) is 7.54. The standard InChI is InChI=1S/C17H15F2NO4/c1-10-3-5-12(8-13(10)18)20-16(21)9-24-17(22)11-4-6-15(23-2)14(19)7-11/h3-8H,9H2,1-2H3,(H,20,21). The molecule has 0 heterocycles. The molecule has 0 saturated heterocycles. The van der Waals surface area contributed by atoms with Crippen molar-refractivity contribution in [2.75, 3.05) is 19.0 Å². The van der Waals surface area contributed by atoms with Gasteiger partial charge in [0.1, 0.15) is 5.82 Å². The van der Waals surface area contributed by atoms with Crippen LogP contribution in [0.3, 0.4) is 0 Å². The Morgan fingerprint density at radius 3 is 2.46 bits per heavy atom. The first-order valence-corrected chi connectivity index (χ1v) is 6.97. The lowest BCUT2D eigenvalue weighted by molar-refractivity contribution is -0.119. The number of ether oxygens (including phenoxy) is 2. The first-order chi connectivity index (χ1) is 11.4. The number of halogens is 2. The normalized spacial score (nSPS) is 10.2. The van der Waals surface area contributed by atoms with Gasteiger partial charge in [-0.25, -0.2) is 13.6 Å². The van der Waals surface area contributed by atoms with Gasteiger partial charge in [-0.05, 0) is 42.8 Å². The monoisotopic (exact) mass is 335 g/mol. The van der Waals surface area contributed by atoms with E-state index < -0.39 is 30.1 Å². The van der Waals surface area contributed by atoms with Crippen LogP contribution in [0.25, 0.3) is 0 Å². The second-order valence-corrected chi connectivity index (χ2v) is 4.94. The van der Waals surface area contributed by atoms with Crippen LogP contribution in [0.1, 0.15) is 15.9 Å². The molecular weight excluding hydrogens is 320 g/mol. The Balaban J connectivity index is 1.92. The minimum atomic E-state index is -0.859. The molecular formula is C17H15F2NO4. The van der Waals surface area contributed by atoms with E-state index in [4.69, 9.17) is 9.47 Å². The first-order valence-electron chi connectivity index (χ1n) is 6.97. The van der Waals surface area contributed by atoms with Crippen molar-refractivity contribution in [3.05, 3.63) is 59.2 Å². The zero-order chi connectivity index (χ0) is 17.7. The van der Waals surface area contributed by atoms with Crippen LogP contribution in [0.2, 0.25) is 0 Å². The average Bonchev–Trinajstić information content (AvgIpc) is 2.56. The highest BCUT2D eigenvalue weighted by Gasteiger charge is 2.13. The molecule has 2 rings (SSSR count). The number of carbonyl (C=O) groups is 2. The van der Waals surface area contributed by atoms with E-state index in [1.807, 2.05) is 0 Å². The molecule has 0 fully saturated rings. The average molecular weight is 335 g/mol. The maximum absolute atomic E-state index is 13.5. The Kier molecular flexibility index (Phi) is 5.47. The number of anilines is 1. The van der Waals surface area contributed by atoms with Crippen molar-refractivity contribution in [2.45, 2.75) is 6.92 Å². The van der Waals surface area contributed by atoms with Gasteiger partial charge in [0.2, 0.25) is 0 Å².